The number of piperidine rings is 1. The third kappa shape index (κ3) is 3.74. The molecule has 2 aromatic heterocycles. The van der Waals surface area contributed by atoms with Crippen LogP contribution in [0.5, 0.6) is 11.5 Å². The number of carbonyl (C=O) groups is 2. The number of hydrogen-bond acceptors (Lipinski definition) is 9. The number of amides is 1. The van der Waals surface area contributed by atoms with E-state index >= 15 is 0 Å². The Labute approximate surface area is 181 Å². The summed E-state index contributed by atoms with van der Waals surface area (Å²) in [6.07, 6.45) is 3.37. The molecule has 9 nitrogen and oxygen atoms in total. The van der Waals surface area contributed by atoms with Gasteiger partial charge in [-0.3, -0.25) is 4.79 Å². The molecular weight excluding hydrogens is 420 g/mol. The summed E-state index contributed by atoms with van der Waals surface area (Å²) in [6.45, 7) is 1.45. The lowest BCUT2D eigenvalue weighted by atomic mass is 9.97. The third-order valence-corrected chi connectivity index (χ3v) is 6.43. The Morgan fingerprint density at radius 1 is 1.29 bits per heavy atom. The molecule has 1 amide bonds. The van der Waals surface area contributed by atoms with Gasteiger partial charge in [0.15, 0.2) is 16.6 Å². The van der Waals surface area contributed by atoms with Crippen molar-refractivity contribution in [3.8, 4) is 11.5 Å². The Bertz CT molecular complexity index is 1130. The normalized spacial score (nSPS) is 17.6. The SMILES string of the molecule is COC(=O)c1cc2c(cc1NC(=O)C1CCCN(c3nc4cccnc4s3)C1)OCO2. The molecule has 2 aliphatic heterocycles. The zero-order chi connectivity index (χ0) is 21.4. The maximum Gasteiger partial charge on any atom is 0.340 e. The lowest BCUT2D eigenvalue weighted by molar-refractivity contribution is -0.120. The number of carbonyl (C=O) groups excluding carboxylic acids is 2. The van der Waals surface area contributed by atoms with Crippen LogP contribution in [0.2, 0.25) is 0 Å². The van der Waals surface area contributed by atoms with Gasteiger partial charge in [0.2, 0.25) is 12.7 Å². The number of rotatable bonds is 4. The van der Waals surface area contributed by atoms with Crippen LogP contribution >= 0.6 is 11.3 Å². The standard InChI is InChI=1S/C21H20N4O5S/c1-28-20(27)13-8-16-17(30-11-29-16)9-15(13)23-18(26)12-4-3-7-25(10-12)21-24-14-5-2-6-22-19(14)31-21/h2,5-6,8-9,12H,3-4,7,10-11H2,1H3,(H,23,26). The molecule has 3 aromatic rings. The molecule has 1 unspecified atom stereocenters. The number of aromatic nitrogens is 2. The largest absolute Gasteiger partial charge is 0.465 e. The Morgan fingerprint density at radius 2 is 2.13 bits per heavy atom. The molecule has 0 aliphatic carbocycles. The molecule has 0 bridgehead atoms. The molecule has 0 saturated carbocycles. The predicted molar refractivity (Wildman–Crippen MR) is 115 cm³/mol. The van der Waals surface area contributed by atoms with E-state index in [0.29, 0.717) is 23.7 Å². The molecule has 0 radical (unpaired) electrons. The quantitative estimate of drug-likeness (QED) is 0.618. The van der Waals surface area contributed by atoms with E-state index in [9.17, 15) is 9.59 Å². The Hall–Kier alpha value is -3.40. The minimum atomic E-state index is -0.555. The fraction of sp³-hybridized carbons (Fsp3) is 0.333. The molecule has 5 rings (SSSR count). The number of nitrogens with zero attached hydrogens (tertiary/aromatic N) is 3. The van der Waals surface area contributed by atoms with Gasteiger partial charge in [-0.15, -0.1) is 0 Å². The van der Waals surface area contributed by atoms with Crippen LogP contribution in [0.4, 0.5) is 10.8 Å². The molecule has 160 valence electrons. The highest BCUT2D eigenvalue weighted by molar-refractivity contribution is 7.21. The number of thiazole rings is 1. The van der Waals surface area contributed by atoms with Gasteiger partial charge in [0.1, 0.15) is 10.3 Å². The molecule has 1 saturated heterocycles. The number of nitrogens with one attached hydrogen (secondary N) is 1. The number of pyridine rings is 1. The van der Waals surface area contributed by atoms with Crippen LogP contribution in [0.1, 0.15) is 23.2 Å². The van der Waals surface area contributed by atoms with Crippen molar-refractivity contribution in [2.45, 2.75) is 12.8 Å². The number of anilines is 2. The molecular formula is C21H20N4O5S. The maximum absolute atomic E-state index is 13.1. The monoisotopic (exact) mass is 440 g/mol. The zero-order valence-electron chi connectivity index (χ0n) is 16.8. The van der Waals surface area contributed by atoms with E-state index in [1.165, 1.54) is 24.5 Å². The van der Waals surface area contributed by atoms with Crippen molar-refractivity contribution in [2.24, 2.45) is 5.92 Å². The minimum Gasteiger partial charge on any atom is -0.465 e. The lowest BCUT2D eigenvalue weighted by Crippen LogP contribution is -2.40. The highest BCUT2D eigenvalue weighted by Crippen LogP contribution is 2.38. The van der Waals surface area contributed by atoms with Gasteiger partial charge in [-0.05, 0) is 25.0 Å². The van der Waals surface area contributed by atoms with E-state index in [1.807, 2.05) is 12.1 Å². The fourth-order valence-electron chi connectivity index (χ4n) is 3.82. The number of hydrogen-bond donors (Lipinski definition) is 1. The second-order valence-corrected chi connectivity index (χ2v) is 8.30. The number of benzene rings is 1. The average molecular weight is 440 g/mol. The molecule has 2 aliphatic rings. The summed E-state index contributed by atoms with van der Waals surface area (Å²) in [4.78, 5) is 37.3. The van der Waals surface area contributed by atoms with Gasteiger partial charge in [0.05, 0.1) is 24.3 Å². The highest BCUT2D eigenvalue weighted by Gasteiger charge is 2.29. The Morgan fingerprint density at radius 3 is 2.94 bits per heavy atom. The maximum atomic E-state index is 13.1. The van der Waals surface area contributed by atoms with Gasteiger partial charge in [-0.2, -0.15) is 0 Å². The molecule has 10 heteroatoms. The highest BCUT2D eigenvalue weighted by atomic mass is 32.1. The molecule has 1 N–H and O–H groups in total. The zero-order valence-corrected chi connectivity index (χ0v) is 17.6. The van der Waals surface area contributed by atoms with Crippen molar-refractivity contribution in [2.75, 3.05) is 37.2 Å². The van der Waals surface area contributed by atoms with Crippen LogP contribution in [-0.4, -0.2) is 48.8 Å². The smallest absolute Gasteiger partial charge is 0.340 e. The summed E-state index contributed by atoms with van der Waals surface area (Å²) in [5, 5.41) is 3.76. The number of fused-ring (bicyclic) bond motifs is 2. The first-order valence-electron chi connectivity index (χ1n) is 9.91. The molecule has 4 heterocycles. The van der Waals surface area contributed by atoms with Crippen LogP contribution in [-0.2, 0) is 9.53 Å². The van der Waals surface area contributed by atoms with E-state index in [-0.39, 0.29) is 24.2 Å². The van der Waals surface area contributed by atoms with E-state index in [0.717, 1.165) is 34.9 Å². The van der Waals surface area contributed by atoms with Crippen LogP contribution in [0.3, 0.4) is 0 Å². The van der Waals surface area contributed by atoms with Crippen molar-refractivity contribution in [1.82, 2.24) is 9.97 Å². The predicted octanol–water partition coefficient (Wildman–Crippen LogP) is 3.06. The second-order valence-electron chi connectivity index (χ2n) is 7.34. The van der Waals surface area contributed by atoms with E-state index in [2.05, 4.69) is 20.2 Å². The summed E-state index contributed by atoms with van der Waals surface area (Å²) in [7, 11) is 1.30. The first-order valence-corrected chi connectivity index (χ1v) is 10.7. The van der Waals surface area contributed by atoms with E-state index in [4.69, 9.17) is 14.2 Å². The van der Waals surface area contributed by atoms with Crippen LogP contribution < -0.4 is 19.7 Å². The van der Waals surface area contributed by atoms with Crippen LogP contribution in [0.25, 0.3) is 10.3 Å². The Kier molecular flexibility index (Phi) is 5.06. The summed E-state index contributed by atoms with van der Waals surface area (Å²) in [5.41, 5.74) is 1.43. The number of esters is 1. The van der Waals surface area contributed by atoms with Crippen LogP contribution in [0.15, 0.2) is 30.5 Å². The molecule has 1 atom stereocenters. The van der Waals surface area contributed by atoms with Crippen molar-refractivity contribution < 1.29 is 23.8 Å². The summed E-state index contributed by atoms with van der Waals surface area (Å²) in [5.74, 6) is -0.0275. The van der Waals surface area contributed by atoms with Gasteiger partial charge >= 0.3 is 5.97 Å². The number of methoxy groups -OCH3 is 1. The van der Waals surface area contributed by atoms with Crippen molar-refractivity contribution >= 4 is 44.4 Å². The fourth-order valence-corrected chi connectivity index (χ4v) is 4.76. The molecule has 31 heavy (non-hydrogen) atoms. The van der Waals surface area contributed by atoms with Gasteiger partial charge < -0.3 is 24.4 Å². The molecule has 1 fully saturated rings. The lowest BCUT2D eigenvalue weighted by Gasteiger charge is -2.31. The van der Waals surface area contributed by atoms with Gasteiger partial charge in [0, 0.05) is 31.4 Å². The summed E-state index contributed by atoms with van der Waals surface area (Å²) in [6, 6.07) is 6.93. The summed E-state index contributed by atoms with van der Waals surface area (Å²) < 4.78 is 15.6. The molecule has 1 aromatic carbocycles. The molecule has 0 spiro atoms. The van der Waals surface area contributed by atoms with Crippen molar-refractivity contribution in [1.29, 1.82) is 0 Å². The van der Waals surface area contributed by atoms with E-state index < -0.39 is 5.97 Å². The van der Waals surface area contributed by atoms with Crippen LogP contribution in [0, 0.1) is 5.92 Å². The van der Waals surface area contributed by atoms with Crippen molar-refractivity contribution in [3.05, 3.63) is 36.0 Å². The minimum absolute atomic E-state index is 0.0714. The topological polar surface area (TPSA) is 103 Å². The first-order chi connectivity index (χ1) is 15.1. The second kappa shape index (κ2) is 8.03. The van der Waals surface area contributed by atoms with E-state index in [1.54, 1.807) is 12.3 Å². The first kappa shape index (κ1) is 19.6. The van der Waals surface area contributed by atoms with Crippen molar-refractivity contribution in [3.63, 3.8) is 0 Å². The Balaban J connectivity index is 1.35. The third-order valence-electron chi connectivity index (χ3n) is 5.39. The van der Waals surface area contributed by atoms with Gasteiger partial charge in [-0.25, -0.2) is 14.8 Å². The van der Waals surface area contributed by atoms with Gasteiger partial charge in [-0.1, -0.05) is 11.3 Å². The average Bonchev–Trinajstić information content (AvgIpc) is 3.44. The van der Waals surface area contributed by atoms with Gasteiger partial charge in [0.25, 0.3) is 0 Å². The summed E-state index contributed by atoms with van der Waals surface area (Å²) >= 11 is 1.52. The number of ether oxygens (including phenoxy) is 3.